The van der Waals surface area contributed by atoms with Gasteiger partial charge in [-0.3, -0.25) is 9.12 Å². The van der Waals surface area contributed by atoms with Gasteiger partial charge in [0.15, 0.2) is 0 Å². The molecule has 0 radical (unpaired) electrons. The molecular formula is C33H35FN6O2S. The smallest absolute Gasteiger partial charge is 0.236 e. The number of rotatable bonds is 8. The SMILES string of the molecule is CNC1CC=C(c2cnc(N)c3c(-c4ccc(NS(=O)(=O)Cc5cccc(F)c5)c5ccccc45)nc(C(C)C)n23)CC1. The van der Waals surface area contributed by atoms with Crippen molar-refractivity contribution in [2.75, 3.05) is 17.5 Å². The number of halogens is 1. The van der Waals surface area contributed by atoms with Crippen LogP contribution in [0.1, 0.15) is 56.1 Å². The van der Waals surface area contributed by atoms with Crippen LogP contribution in [-0.4, -0.2) is 35.9 Å². The first-order valence-corrected chi connectivity index (χ1v) is 16.1. The van der Waals surface area contributed by atoms with Crippen LogP contribution in [0.25, 0.3) is 33.1 Å². The lowest BCUT2D eigenvalue weighted by atomic mass is 9.93. The number of nitrogens with one attached hydrogen (secondary N) is 2. The molecule has 0 saturated carbocycles. The molecule has 0 spiro atoms. The lowest BCUT2D eigenvalue weighted by molar-refractivity contribution is 0.522. The van der Waals surface area contributed by atoms with E-state index in [1.165, 1.54) is 23.8 Å². The molecule has 1 aliphatic rings. The van der Waals surface area contributed by atoms with Gasteiger partial charge in [0.2, 0.25) is 10.0 Å². The van der Waals surface area contributed by atoms with E-state index in [0.717, 1.165) is 47.2 Å². The first-order chi connectivity index (χ1) is 20.6. The Labute approximate surface area is 250 Å². The number of hydrogen-bond donors (Lipinski definition) is 3. The molecule has 2 heterocycles. The van der Waals surface area contributed by atoms with Gasteiger partial charge < -0.3 is 11.1 Å². The molecule has 0 saturated heterocycles. The summed E-state index contributed by atoms with van der Waals surface area (Å²) in [5.74, 6) is 0.548. The lowest BCUT2D eigenvalue weighted by Crippen LogP contribution is -2.26. The molecule has 1 aliphatic carbocycles. The van der Waals surface area contributed by atoms with Gasteiger partial charge in [0, 0.05) is 22.9 Å². The number of allylic oxidation sites excluding steroid dienone is 1. The van der Waals surface area contributed by atoms with Crippen LogP contribution in [0.15, 0.2) is 72.9 Å². The number of fused-ring (bicyclic) bond motifs is 2. The lowest BCUT2D eigenvalue weighted by Gasteiger charge is -2.22. The van der Waals surface area contributed by atoms with Gasteiger partial charge in [0.1, 0.15) is 28.7 Å². The fourth-order valence-electron chi connectivity index (χ4n) is 5.94. The molecule has 0 bridgehead atoms. The van der Waals surface area contributed by atoms with E-state index in [2.05, 4.69) is 39.3 Å². The summed E-state index contributed by atoms with van der Waals surface area (Å²) in [6.45, 7) is 4.22. The minimum atomic E-state index is -3.82. The highest BCUT2D eigenvalue weighted by atomic mass is 32.2. The Morgan fingerprint density at radius 2 is 1.88 bits per heavy atom. The van der Waals surface area contributed by atoms with Crippen LogP contribution in [0, 0.1) is 5.82 Å². The highest BCUT2D eigenvalue weighted by molar-refractivity contribution is 7.91. The predicted molar refractivity (Wildman–Crippen MR) is 172 cm³/mol. The van der Waals surface area contributed by atoms with Crippen molar-refractivity contribution in [1.82, 2.24) is 19.7 Å². The maximum atomic E-state index is 13.7. The topological polar surface area (TPSA) is 114 Å². The normalized spacial score (nSPS) is 15.7. The molecule has 5 aromatic rings. The summed E-state index contributed by atoms with van der Waals surface area (Å²) < 4.78 is 44.8. The van der Waals surface area contributed by atoms with E-state index in [-0.39, 0.29) is 11.7 Å². The molecule has 10 heteroatoms. The third kappa shape index (κ3) is 5.60. The summed E-state index contributed by atoms with van der Waals surface area (Å²) in [4.78, 5) is 9.77. The van der Waals surface area contributed by atoms with Gasteiger partial charge in [-0.25, -0.2) is 22.8 Å². The Morgan fingerprint density at radius 3 is 2.58 bits per heavy atom. The maximum absolute atomic E-state index is 13.7. The molecule has 1 atom stereocenters. The van der Waals surface area contributed by atoms with Gasteiger partial charge in [-0.15, -0.1) is 0 Å². The Morgan fingerprint density at radius 1 is 1.09 bits per heavy atom. The van der Waals surface area contributed by atoms with Crippen LogP contribution < -0.4 is 15.8 Å². The van der Waals surface area contributed by atoms with Crippen LogP contribution in [0.2, 0.25) is 0 Å². The molecule has 222 valence electrons. The number of imidazole rings is 1. The van der Waals surface area contributed by atoms with Crippen molar-refractivity contribution in [2.45, 2.75) is 50.8 Å². The molecule has 2 aromatic heterocycles. The van der Waals surface area contributed by atoms with Crippen molar-refractivity contribution in [2.24, 2.45) is 0 Å². The minimum Gasteiger partial charge on any atom is -0.382 e. The van der Waals surface area contributed by atoms with Gasteiger partial charge in [-0.1, -0.05) is 56.3 Å². The predicted octanol–water partition coefficient (Wildman–Crippen LogP) is 6.49. The van der Waals surface area contributed by atoms with E-state index in [9.17, 15) is 12.8 Å². The Balaban J connectivity index is 1.47. The fourth-order valence-corrected chi connectivity index (χ4v) is 7.15. The number of anilines is 2. The first kappa shape index (κ1) is 28.8. The molecule has 43 heavy (non-hydrogen) atoms. The Hall–Kier alpha value is -4.28. The summed E-state index contributed by atoms with van der Waals surface area (Å²) in [6.07, 6.45) is 7.02. The van der Waals surface area contributed by atoms with E-state index in [1.54, 1.807) is 12.1 Å². The quantitative estimate of drug-likeness (QED) is 0.188. The molecule has 4 N–H and O–H groups in total. The molecule has 8 nitrogen and oxygen atoms in total. The summed E-state index contributed by atoms with van der Waals surface area (Å²) in [5, 5.41) is 4.91. The zero-order valence-corrected chi connectivity index (χ0v) is 25.2. The second kappa shape index (κ2) is 11.4. The molecule has 6 rings (SSSR count). The number of hydrogen-bond acceptors (Lipinski definition) is 6. The number of nitrogen functional groups attached to an aromatic ring is 1. The van der Waals surface area contributed by atoms with Crippen LogP contribution in [-0.2, 0) is 15.8 Å². The van der Waals surface area contributed by atoms with Crippen molar-refractivity contribution < 1.29 is 12.8 Å². The van der Waals surface area contributed by atoms with Gasteiger partial charge in [-0.05, 0) is 67.1 Å². The largest absolute Gasteiger partial charge is 0.382 e. The third-order valence-corrected chi connectivity index (χ3v) is 9.31. The van der Waals surface area contributed by atoms with Gasteiger partial charge in [0.25, 0.3) is 0 Å². The number of nitrogens with two attached hydrogens (primary N) is 1. The van der Waals surface area contributed by atoms with Crippen molar-refractivity contribution in [1.29, 1.82) is 0 Å². The maximum Gasteiger partial charge on any atom is 0.236 e. The molecular weight excluding hydrogens is 563 g/mol. The van der Waals surface area contributed by atoms with Crippen molar-refractivity contribution in [3.63, 3.8) is 0 Å². The third-order valence-electron chi connectivity index (χ3n) is 8.07. The van der Waals surface area contributed by atoms with E-state index < -0.39 is 15.8 Å². The monoisotopic (exact) mass is 598 g/mol. The Bertz CT molecular complexity index is 1980. The van der Waals surface area contributed by atoms with Gasteiger partial charge >= 0.3 is 0 Å². The van der Waals surface area contributed by atoms with Crippen LogP contribution in [0.4, 0.5) is 15.9 Å². The second-order valence-corrected chi connectivity index (χ2v) is 13.1. The molecule has 0 amide bonds. The summed E-state index contributed by atoms with van der Waals surface area (Å²) >= 11 is 0. The number of sulfonamides is 1. The number of aromatic nitrogens is 3. The average Bonchev–Trinajstić information content (AvgIpc) is 3.39. The molecule has 3 aromatic carbocycles. The molecule has 0 aliphatic heterocycles. The fraction of sp³-hybridized carbons (Fsp3) is 0.273. The number of benzene rings is 3. The van der Waals surface area contributed by atoms with Gasteiger partial charge in [-0.2, -0.15) is 0 Å². The van der Waals surface area contributed by atoms with Gasteiger partial charge in [0.05, 0.1) is 23.3 Å². The Kier molecular flexibility index (Phi) is 7.66. The minimum absolute atomic E-state index is 0.108. The van der Waals surface area contributed by atoms with Crippen molar-refractivity contribution in [3.05, 3.63) is 95.8 Å². The average molecular weight is 599 g/mol. The summed E-state index contributed by atoms with van der Waals surface area (Å²) in [6, 6.07) is 17.3. The highest BCUT2D eigenvalue weighted by Gasteiger charge is 2.25. The van der Waals surface area contributed by atoms with Crippen LogP contribution in [0.3, 0.4) is 0 Å². The zero-order chi connectivity index (χ0) is 30.3. The summed E-state index contributed by atoms with van der Waals surface area (Å²) in [7, 11) is -1.83. The second-order valence-electron chi connectivity index (χ2n) is 11.4. The first-order valence-electron chi connectivity index (χ1n) is 14.5. The highest BCUT2D eigenvalue weighted by Crippen LogP contribution is 2.39. The molecule has 1 unspecified atom stereocenters. The zero-order valence-electron chi connectivity index (χ0n) is 24.4. The van der Waals surface area contributed by atoms with E-state index in [0.29, 0.717) is 34.2 Å². The standard InChI is InChI=1S/C33H35FN6O2S/c1-20(2)33-38-30(31-32(35)37-18-29(40(31)33)22-11-13-24(36-3)14-12-22)27-15-16-28(26-10-5-4-9-25(26)27)39-43(41,42)19-21-7-6-8-23(34)17-21/h4-11,15-18,20,24,36,39H,12-14,19H2,1-3H3,(H2,35,37). The van der Waals surface area contributed by atoms with Crippen molar-refractivity contribution >= 4 is 43.4 Å². The van der Waals surface area contributed by atoms with E-state index in [1.807, 2.05) is 43.6 Å². The number of nitrogens with zero attached hydrogens (tertiary/aromatic N) is 3. The van der Waals surface area contributed by atoms with Crippen LogP contribution >= 0.6 is 0 Å². The van der Waals surface area contributed by atoms with Crippen LogP contribution in [0.5, 0.6) is 0 Å². The van der Waals surface area contributed by atoms with E-state index in [4.69, 9.17) is 10.7 Å². The molecule has 0 fully saturated rings. The van der Waals surface area contributed by atoms with Crippen molar-refractivity contribution in [3.8, 4) is 11.3 Å². The summed E-state index contributed by atoms with van der Waals surface area (Å²) in [5.41, 5.74) is 11.9. The van der Waals surface area contributed by atoms with E-state index >= 15 is 0 Å².